The Morgan fingerprint density at radius 2 is 2.00 bits per heavy atom. The highest BCUT2D eigenvalue weighted by atomic mass is 35.5. The molecule has 0 bridgehead atoms. The van der Waals surface area contributed by atoms with Gasteiger partial charge in [-0.2, -0.15) is 0 Å². The molecule has 0 unspecified atom stereocenters. The highest BCUT2D eigenvalue weighted by molar-refractivity contribution is 6.30. The fourth-order valence-corrected chi connectivity index (χ4v) is 2.17. The van der Waals surface area contributed by atoms with Crippen molar-refractivity contribution in [1.82, 2.24) is 4.98 Å². The van der Waals surface area contributed by atoms with E-state index in [0.29, 0.717) is 28.9 Å². The van der Waals surface area contributed by atoms with Crippen LogP contribution >= 0.6 is 11.6 Å². The van der Waals surface area contributed by atoms with Gasteiger partial charge < -0.3 is 9.73 Å². The predicted octanol–water partition coefficient (Wildman–Crippen LogP) is 4.52. The molecule has 0 saturated heterocycles. The number of nitro benzene ring substituents is 1. The second-order valence-electron chi connectivity index (χ2n) is 4.79. The molecule has 0 amide bonds. The van der Waals surface area contributed by atoms with Crippen LogP contribution in [0.4, 0.5) is 11.4 Å². The number of halogens is 1. The van der Waals surface area contributed by atoms with Gasteiger partial charge in [0.15, 0.2) is 5.76 Å². The Labute approximate surface area is 136 Å². The summed E-state index contributed by atoms with van der Waals surface area (Å²) in [5.74, 6) is 1.12. The van der Waals surface area contributed by atoms with Gasteiger partial charge in [0.1, 0.15) is 0 Å². The predicted molar refractivity (Wildman–Crippen MR) is 87.4 cm³/mol. The molecule has 3 rings (SSSR count). The summed E-state index contributed by atoms with van der Waals surface area (Å²) in [5, 5.41) is 14.5. The molecule has 6 nitrogen and oxygen atoms in total. The number of rotatable bonds is 5. The normalized spacial score (nSPS) is 10.5. The molecule has 0 aliphatic carbocycles. The van der Waals surface area contributed by atoms with Gasteiger partial charge in [0.2, 0.25) is 5.89 Å². The van der Waals surface area contributed by atoms with Crippen molar-refractivity contribution in [3.63, 3.8) is 0 Å². The minimum Gasteiger partial charge on any atom is -0.439 e. The molecule has 0 atom stereocenters. The Kier molecular flexibility index (Phi) is 4.25. The first kappa shape index (κ1) is 15.1. The largest absolute Gasteiger partial charge is 0.439 e. The fraction of sp³-hybridized carbons (Fsp3) is 0.0625. The average Bonchev–Trinajstić information content (AvgIpc) is 3.03. The smallest absolute Gasteiger partial charge is 0.271 e. The highest BCUT2D eigenvalue weighted by Crippen LogP contribution is 2.23. The van der Waals surface area contributed by atoms with Gasteiger partial charge in [-0.1, -0.05) is 17.7 Å². The third-order valence-corrected chi connectivity index (χ3v) is 3.43. The molecule has 0 spiro atoms. The number of hydrogen-bond acceptors (Lipinski definition) is 5. The number of anilines is 1. The van der Waals surface area contributed by atoms with Crippen LogP contribution in [0.5, 0.6) is 0 Å². The van der Waals surface area contributed by atoms with Gasteiger partial charge in [0.05, 0.1) is 17.7 Å². The third kappa shape index (κ3) is 3.67. The van der Waals surface area contributed by atoms with E-state index >= 15 is 0 Å². The van der Waals surface area contributed by atoms with Crippen LogP contribution in [-0.4, -0.2) is 9.91 Å². The van der Waals surface area contributed by atoms with E-state index < -0.39 is 4.92 Å². The summed E-state index contributed by atoms with van der Waals surface area (Å²) in [6, 6.07) is 13.5. The number of aromatic nitrogens is 1. The quantitative estimate of drug-likeness (QED) is 0.550. The van der Waals surface area contributed by atoms with Gasteiger partial charge in [-0.25, -0.2) is 4.98 Å². The molecule has 116 valence electrons. The molecule has 2 aromatic carbocycles. The van der Waals surface area contributed by atoms with Gasteiger partial charge in [0.25, 0.3) is 5.69 Å². The Bertz CT molecular complexity index is 831. The van der Waals surface area contributed by atoms with Crippen LogP contribution < -0.4 is 5.32 Å². The molecule has 0 aliphatic rings. The van der Waals surface area contributed by atoms with E-state index in [1.807, 2.05) is 12.1 Å². The maximum Gasteiger partial charge on any atom is 0.271 e. The van der Waals surface area contributed by atoms with Gasteiger partial charge in [0, 0.05) is 28.4 Å². The van der Waals surface area contributed by atoms with E-state index in [0.717, 1.165) is 5.56 Å². The zero-order valence-electron chi connectivity index (χ0n) is 11.9. The van der Waals surface area contributed by atoms with Gasteiger partial charge in [-0.05, 0) is 30.3 Å². The van der Waals surface area contributed by atoms with Crippen molar-refractivity contribution in [2.24, 2.45) is 0 Å². The van der Waals surface area contributed by atoms with Crippen LogP contribution in [0.2, 0.25) is 5.02 Å². The summed E-state index contributed by atoms with van der Waals surface area (Å²) < 4.78 is 5.66. The first-order chi connectivity index (χ1) is 11.1. The number of benzene rings is 2. The van der Waals surface area contributed by atoms with Crippen LogP contribution in [0, 0.1) is 10.1 Å². The monoisotopic (exact) mass is 329 g/mol. The Morgan fingerprint density at radius 1 is 1.22 bits per heavy atom. The molecule has 0 radical (unpaired) electrons. The highest BCUT2D eigenvalue weighted by Gasteiger charge is 2.08. The van der Waals surface area contributed by atoms with Crippen molar-refractivity contribution in [2.75, 3.05) is 5.32 Å². The van der Waals surface area contributed by atoms with Crippen molar-refractivity contribution in [1.29, 1.82) is 0 Å². The summed E-state index contributed by atoms with van der Waals surface area (Å²) in [7, 11) is 0. The average molecular weight is 330 g/mol. The zero-order valence-corrected chi connectivity index (χ0v) is 12.7. The molecule has 0 fully saturated rings. The third-order valence-electron chi connectivity index (χ3n) is 3.18. The molecule has 1 N–H and O–H groups in total. The Hall–Kier alpha value is -2.86. The Balaban J connectivity index is 1.69. The summed E-state index contributed by atoms with van der Waals surface area (Å²) in [6.07, 6.45) is 1.63. The van der Waals surface area contributed by atoms with E-state index in [4.69, 9.17) is 16.0 Å². The molecule has 23 heavy (non-hydrogen) atoms. The maximum atomic E-state index is 10.7. The lowest BCUT2D eigenvalue weighted by molar-refractivity contribution is -0.384. The second-order valence-corrected chi connectivity index (χ2v) is 5.22. The van der Waals surface area contributed by atoms with Gasteiger partial charge >= 0.3 is 0 Å². The zero-order chi connectivity index (χ0) is 16.2. The van der Waals surface area contributed by atoms with Crippen LogP contribution in [0.3, 0.4) is 0 Å². The molecular weight excluding hydrogens is 318 g/mol. The van der Waals surface area contributed by atoms with Crippen LogP contribution in [0.1, 0.15) is 5.89 Å². The second kappa shape index (κ2) is 6.50. The molecule has 0 saturated carbocycles. The number of hydrogen-bond donors (Lipinski definition) is 1. The fourth-order valence-electron chi connectivity index (χ4n) is 2.05. The van der Waals surface area contributed by atoms with E-state index in [1.165, 1.54) is 12.1 Å². The summed E-state index contributed by atoms with van der Waals surface area (Å²) in [6.45, 7) is 0.328. The van der Waals surface area contributed by atoms with Crippen molar-refractivity contribution >= 4 is 23.0 Å². The minimum atomic E-state index is -0.436. The Morgan fingerprint density at radius 3 is 2.74 bits per heavy atom. The van der Waals surface area contributed by atoms with Gasteiger partial charge in [-0.15, -0.1) is 0 Å². The molecular formula is C16H12ClN3O3. The van der Waals surface area contributed by atoms with Crippen LogP contribution in [-0.2, 0) is 6.54 Å². The minimum absolute atomic E-state index is 0.0317. The first-order valence-electron chi connectivity index (χ1n) is 6.81. The van der Waals surface area contributed by atoms with Crippen molar-refractivity contribution in [3.05, 3.63) is 75.8 Å². The maximum absolute atomic E-state index is 10.7. The van der Waals surface area contributed by atoms with Crippen molar-refractivity contribution in [3.8, 4) is 11.3 Å². The lowest BCUT2D eigenvalue weighted by Crippen LogP contribution is -2.00. The van der Waals surface area contributed by atoms with Crippen LogP contribution in [0.15, 0.2) is 59.1 Å². The molecule has 3 aromatic rings. The number of oxazole rings is 1. The topological polar surface area (TPSA) is 81.2 Å². The van der Waals surface area contributed by atoms with Crippen molar-refractivity contribution in [2.45, 2.75) is 6.54 Å². The summed E-state index contributed by atoms with van der Waals surface area (Å²) in [4.78, 5) is 14.5. The van der Waals surface area contributed by atoms with Gasteiger partial charge in [-0.3, -0.25) is 10.1 Å². The number of nitrogens with zero attached hydrogens (tertiary/aromatic N) is 2. The first-order valence-corrected chi connectivity index (χ1v) is 7.18. The molecule has 0 aliphatic heterocycles. The van der Waals surface area contributed by atoms with Crippen LogP contribution in [0.25, 0.3) is 11.3 Å². The summed E-state index contributed by atoms with van der Waals surface area (Å²) >= 11 is 5.85. The summed E-state index contributed by atoms with van der Waals surface area (Å²) in [5.41, 5.74) is 1.54. The SMILES string of the molecule is O=[N+]([O-])c1cccc(NCc2ncc(-c3ccc(Cl)cc3)o2)c1. The van der Waals surface area contributed by atoms with E-state index in [1.54, 1.807) is 30.5 Å². The lowest BCUT2D eigenvalue weighted by Gasteiger charge is -2.03. The molecule has 7 heteroatoms. The standard InChI is InChI=1S/C16H12ClN3O3/c17-12-6-4-11(5-7-12)15-9-19-16(23-15)10-18-13-2-1-3-14(8-13)20(21)22/h1-9,18H,10H2. The van der Waals surface area contributed by atoms with E-state index in [2.05, 4.69) is 10.3 Å². The van der Waals surface area contributed by atoms with Crippen molar-refractivity contribution < 1.29 is 9.34 Å². The number of nitrogens with one attached hydrogen (secondary N) is 1. The number of non-ortho nitro benzene ring substituents is 1. The van der Waals surface area contributed by atoms with E-state index in [-0.39, 0.29) is 5.69 Å². The number of nitro groups is 1. The van der Waals surface area contributed by atoms with E-state index in [9.17, 15) is 10.1 Å². The lowest BCUT2D eigenvalue weighted by atomic mass is 10.2. The molecule has 1 aromatic heterocycles. The molecule has 1 heterocycles.